The summed E-state index contributed by atoms with van der Waals surface area (Å²) < 4.78 is 5.67. The molecule has 1 fully saturated rings. The summed E-state index contributed by atoms with van der Waals surface area (Å²) >= 11 is 6.18. The van der Waals surface area contributed by atoms with Crippen molar-refractivity contribution in [2.24, 2.45) is 0 Å². The maximum atomic E-state index is 12.9. The van der Waals surface area contributed by atoms with Gasteiger partial charge in [-0.25, -0.2) is 4.79 Å². The third-order valence-electron chi connectivity index (χ3n) is 4.75. The Balaban J connectivity index is 1.57. The molecule has 1 aromatic carbocycles. The Hall–Kier alpha value is -2.27. The number of pyridine rings is 1. The third-order valence-corrected chi connectivity index (χ3v) is 4.97. The van der Waals surface area contributed by atoms with E-state index in [1.54, 1.807) is 6.07 Å². The standard InChI is InChI=1S/C19H20ClN3O2/c1-12-4-2-5-15(21-12)17-6-3-8-23(17)19(24)22-16-11-14(20)10-13-7-9-25-18(13)16/h2,4-5,10-11,17H,3,6-9H2,1H3,(H,22,24). The number of aryl methyl sites for hydroxylation is 1. The molecule has 4 rings (SSSR count). The van der Waals surface area contributed by atoms with E-state index in [1.807, 2.05) is 36.1 Å². The third kappa shape index (κ3) is 3.16. The van der Waals surface area contributed by atoms with Gasteiger partial charge in [-0.3, -0.25) is 4.98 Å². The molecule has 1 atom stereocenters. The van der Waals surface area contributed by atoms with Gasteiger partial charge in [-0.05, 0) is 44.0 Å². The van der Waals surface area contributed by atoms with Gasteiger partial charge in [-0.2, -0.15) is 0 Å². The molecule has 0 bridgehead atoms. The first-order chi connectivity index (χ1) is 12.1. The molecule has 0 saturated carbocycles. The van der Waals surface area contributed by atoms with Crippen LogP contribution in [0.15, 0.2) is 30.3 Å². The average molecular weight is 358 g/mol. The van der Waals surface area contributed by atoms with E-state index >= 15 is 0 Å². The second-order valence-corrected chi connectivity index (χ2v) is 6.96. The fraction of sp³-hybridized carbons (Fsp3) is 0.368. The number of anilines is 1. The lowest BCUT2D eigenvalue weighted by Crippen LogP contribution is -2.34. The molecule has 1 aromatic heterocycles. The van der Waals surface area contributed by atoms with E-state index in [1.165, 1.54) is 0 Å². The van der Waals surface area contributed by atoms with Crippen molar-refractivity contribution in [3.8, 4) is 5.75 Å². The minimum atomic E-state index is -0.134. The van der Waals surface area contributed by atoms with Crippen LogP contribution in [-0.2, 0) is 6.42 Å². The largest absolute Gasteiger partial charge is 0.491 e. The fourth-order valence-corrected chi connectivity index (χ4v) is 3.86. The Labute approximate surface area is 152 Å². The van der Waals surface area contributed by atoms with Gasteiger partial charge in [0.2, 0.25) is 0 Å². The lowest BCUT2D eigenvalue weighted by Gasteiger charge is -2.25. The number of halogens is 1. The van der Waals surface area contributed by atoms with Gasteiger partial charge >= 0.3 is 6.03 Å². The SMILES string of the molecule is Cc1cccc(C2CCCN2C(=O)Nc2cc(Cl)cc3c2OCC3)n1. The summed E-state index contributed by atoms with van der Waals surface area (Å²) in [5, 5.41) is 3.60. The number of aromatic nitrogens is 1. The number of urea groups is 1. The first-order valence-corrected chi connectivity index (χ1v) is 8.96. The highest BCUT2D eigenvalue weighted by Gasteiger charge is 2.32. The predicted molar refractivity (Wildman–Crippen MR) is 97.3 cm³/mol. The molecule has 5 nitrogen and oxygen atoms in total. The predicted octanol–water partition coefficient (Wildman–Crippen LogP) is 4.35. The van der Waals surface area contributed by atoms with Crippen molar-refractivity contribution in [2.75, 3.05) is 18.5 Å². The second kappa shape index (κ2) is 6.56. The smallest absolute Gasteiger partial charge is 0.322 e. The summed E-state index contributed by atoms with van der Waals surface area (Å²) in [6.45, 7) is 3.31. The van der Waals surface area contributed by atoms with Crippen LogP contribution in [0.4, 0.5) is 10.5 Å². The van der Waals surface area contributed by atoms with Crippen molar-refractivity contribution in [1.82, 2.24) is 9.88 Å². The molecular formula is C19H20ClN3O2. The van der Waals surface area contributed by atoms with E-state index in [-0.39, 0.29) is 12.1 Å². The topological polar surface area (TPSA) is 54.5 Å². The van der Waals surface area contributed by atoms with Gasteiger partial charge in [0.05, 0.1) is 24.0 Å². The lowest BCUT2D eigenvalue weighted by molar-refractivity contribution is 0.206. The Morgan fingerprint density at radius 3 is 3.12 bits per heavy atom. The number of nitrogens with zero attached hydrogens (tertiary/aromatic N) is 2. The molecule has 1 N–H and O–H groups in total. The Morgan fingerprint density at radius 2 is 2.28 bits per heavy atom. The van der Waals surface area contributed by atoms with Crippen molar-refractivity contribution < 1.29 is 9.53 Å². The number of hydrogen-bond acceptors (Lipinski definition) is 3. The molecule has 2 aliphatic rings. The van der Waals surface area contributed by atoms with Gasteiger partial charge in [0, 0.05) is 29.2 Å². The summed E-state index contributed by atoms with van der Waals surface area (Å²) in [6, 6.07) is 9.47. The van der Waals surface area contributed by atoms with Crippen molar-refractivity contribution in [3.63, 3.8) is 0 Å². The van der Waals surface area contributed by atoms with E-state index < -0.39 is 0 Å². The molecule has 2 amide bonds. The van der Waals surface area contributed by atoms with E-state index in [0.717, 1.165) is 48.5 Å². The first kappa shape index (κ1) is 16.2. The Kier molecular flexibility index (Phi) is 4.25. The Bertz CT molecular complexity index is 824. The van der Waals surface area contributed by atoms with Crippen molar-refractivity contribution in [2.45, 2.75) is 32.2 Å². The summed E-state index contributed by atoms with van der Waals surface area (Å²) in [4.78, 5) is 19.3. The molecule has 1 saturated heterocycles. The molecule has 25 heavy (non-hydrogen) atoms. The lowest BCUT2D eigenvalue weighted by atomic mass is 10.1. The molecule has 2 aliphatic heterocycles. The zero-order valence-electron chi connectivity index (χ0n) is 14.1. The van der Waals surface area contributed by atoms with Gasteiger partial charge < -0.3 is 15.0 Å². The minimum Gasteiger partial charge on any atom is -0.491 e. The quantitative estimate of drug-likeness (QED) is 0.869. The van der Waals surface area contributed by atoms with E-state index in [4.69, 9.17) is 16.3 Å². The molecule has 6 heteroatoms. The monoisotopic (exact) mass is 357 g/mol. The number of carbonyl (C=O) groups is 1. The number of carbonyl (C=O) groups excluding carboxylic acids is 1. The number of nitrogens with one attached hydrogen (secondary N) is 1. The minimum absolute atomic E-state index is 0.00745. The molecular weight excluding hydrogens is 338 g/mol. The fourth-order valence-electron chi connectivity index (χ4n) is 3.62. The van der Waals surface area contributed by atoms with Crippen LogP contribution < -0.4 is 10.1 Å². The average Bonchev–Trinajstić information content (AvgIpc) is 3.23. The zero-order valence-corrected chi connectivity index (χ0v) is 14.8. The van der Waals surface area contributed by atoms with E-state index in [2.05, 4.69) is 10.3 Å². The van der Waals surface area contributed by atoms with Gasteiger partial charge in [-0.15, -0.1) is 0 Å². The molecule has 130 valence electrons. The number of rotatable bonds is 2. The summed E-state index contributed by atoms with van der Waals surface area (Å²) in [5.41, 5.74) is 3.60. The van der Waals surface area contributed by atoms with Crippen molar-refractivity contribution in [3.05, 3.63) is 52.3 Å². The summed E-state index contributed by atoms with van der Waals surface area (Å²) in [7, 11) is 0. The highest BCUT2D eigenvalue weighted by Crippen LogP contribution is 2.38. The first-order valence-electron chi connectivity index (χ1n) is 8.58. The molecule has 3 heterocycles. The molecule has 2 aromatic rings. The van der Waals surface area contributed by atoms with E-state index in [9.17, 15) is 4.79 Å². The molecule has 0 radical (unpaired) electrons. The van der Waals surface area contributed by atoms with Gasteiger partial charge in [-0.1, -0.05) is 17.7 Å². The second-order valence-electron chi connectivity index (χ2n) is 6.53. The molecule has 1 unspecified atom stereocenters. The van der Waals surface area contributed by atoms with Crippen LogP contribution in [0, 0.1) is 6.92 Å². The van der Waals surface area contributed by atoms with Crippen LogP contribution in [0.2, 0.25) is 5.02 Å². The summed E-state index contributed by atoms with van der Waals surface area (Å²) in [5.74, 6) is 0.738. The highest BCUT2D eigenvalue weighted by molar-refractivity contribution is 6.31. The highest BCUT2D eigenvalue weighted by atomic mass is 35.5. The number of likely N-dealkylation sites (tertiary alicyclic amines) is 1. The number of fused-ring (bicyclic) bond motifs is 1. The van der Waals surface area contributed by atoms with Crippen LogP contribution in [0.5, 0.6) is 5.75 Å². The summed E-state index contributed by atoms with van der Waals surface area (Å²) in [6.07, 6.45) is 2.71. The maximum absolute atomic E-state index is 12.9. The van der Waals surface area contributed by atoms with Crippen LogP contribution in [0.3, 0.4) is 0 Å². The number of ether oxygens (including phenoxy) is 1. The van der Waals surface area contributed by atoms with Crippen molar-refractivity contribution >= 4 is 23.3 Å². The van der Waals surface area contributed by atoms with Gasteiger partial charge in [0.15, 0.2) is 0 Å². The van der Waals surface area contributed by atoms with Crippen molar-refractivity contribution in [1.29, 1.82) is 0 Å². The number of hydrogen-bond donors (Lipinski definition) is 1. The maximum Gasteiger partial charge on any atom is 0.322 e. The zero-order chi connectivity index (χ0) is 17.4. The van der Waals surface area contributed by atoms with Gasteiger partial charge in [0.1, 0.15) is 5.75 Å². The van der Waals surface area contributed by atoms with Crippen LogP contribution >= 0.6 is 11.6 Å². The Morgan fingerprint density at radius 1 is 1.40 bits per heavy atom. The number of amides is 2. The van der Waals surface area contributed by atoms with E-state index in [0.29, 0.717) is 17.3 Å². The van der Waals surface area contributed by atoms with Gasteiger partial charge in [0.25, 0.3) is 0 Å². The normalized spacial score (nSPS) is 18.8. The number of benzene rings is 1. The van der Waals surface area contributed by atoms with Crippen LogP contribution in [0.1, 0.15) is 35.8 Å². The molecule has 0 spiro atoms. The van der Waals surface area contributed by atoms with Crippen LogP contribution in [-0.4, -0.2) is 29.1 Å². The van der Waals surface area contributed by atoms with Crippen LogP contribution in [0.25, 0.3) is 0 Å². The molecule has 0 aliphatic carbocycles.